The Morgan fingerprint density at radius 1 is 1.40 bits per heavy atom. The number of rotatable bonds is 3. The van der Waals surface area contributed by atoms with Crippen molar-refractivity contribution in [2.75, 3.05) is 0 Å². The number of thiol groups is 1. The molecule has 0 amide bonds. The highest BCUT2D eigenvalue weighted by Crippen LogP contribution is 2.34. The highest BCUT2D eigenvalue weighted by atomic mass is 33.5. The lowest BCUT2D eigenvalue weighted by Gasteiger charge is -2.07. The van der Waals surface area contributed by atoms with Crippen LogP contribution in [0.1, 0.15) is 19.9 Å². The second kappa shape index (κ2) is 4.72. The number of hydrogen-bond donors (Lipinski definition) is 1. The fourth-order valence-corrected chi connectivity index (χ4v) is 3.23. The third kappa shape index (κ3) is 2.29. The Labute approximate surface area is 102 Å². The summed E-state index contributed by atoms with van der Waals surface area (Å²) >= 11 is 4.12. The van der Waals surface area contributed by atoms with Gasteiger partial charge in [0, 0.05) is 10.9 Å². The number of aromatic nitrogens is 2. The van der Waals surface area contributed by atoms with E-state index in [2.05, 4.69) is 53.3 Å². The molecule has 5 heteroatoms. The molecule has 0 atom stereocenters. The zero-order chi connectivity index (χ0) is 10.8. The number of hydrogen-bond acceptors (Lipinski definition) is 4. The van der Waals surface area contributed by atoms with E-state index in [1.807, 2.05) is 6.33 Å². The molecule has 80 valence electrons. The van der Waals surface area contributed by atoms with Crippen LogP contribution in [0.15, 0.2) is 29.4 Å². The molecular weight excluding hydrogens is 244 g/mol. The zero-order valence-corrected chi connectivity index (χ0v) is 11.1. The standard InChI is InChI=1S/C10H12N2S3/c1-7(2)12-6-11-9-5-8(14-15-13)3-4-10(9)12/h3-7,13H,1-2H3. The monoisotopic (exact) mass is 256 g/mol. The van der Waals surface area contributed by atoms with Gasteiger partial charge in [-0.3, -0.25) is 0 Å². The van der Waals surface area contributed by atoms with Gasteiger partial charge in [0.05, 0.1) is 17.4 Å². The Bertz CT molecular complexity index is 465. The van der Waals surface area contributed by atoms with Crippen LogP contribution in [0.25, 0.3) is 11.0 Å². The van der Waals surface area contributed by atoms with Crippen LogP contribution in [-0.2, 0) is 0 Å². The SMILES string of the molecule is CC(C)n1cnc2cc(SSS)ccc21. The van der Waals surface area contributed by atoms with Gasteiger partial charge in [0.25, 0.3) is 0 Å². The number of benzene rings is 1. The molecule has 2 rings (SSSR count). The highest BCUT2D eigenvalue weighted by Gasteiger charge is 2.05. The minimum Gasteiger partial charge on any atom is -0.328 e. The van der Waals surface area contributed by atoms with E-state index in [0.29, 0.717) is 6.04 Å². The molecule has 0 bridgehead atoms. The van der Waals surface area contributed by atoms with Crippen molar-refractivity contribution in [1.29, 1.82) is 0 Å². The van der Waals surface area contributed by atoms with Crippen molar-refractivity contribution in [3.8, 4) is 0 Å². The molecule has 0 saturated carbocycles. The van der Waals surface area contributed by atoms with E-state index in [4.69, 9.17) is 0 Å². The zero-order valence-electron chi connectivity index (χ0n) is 8.54. The molecule has 0 saturated heterocycles. The second-order valence-electron chi connectivity index (χ2n) is 3.55. The Hall–Kier alpha value is -0.260. The summed E-state index contributed by atoms with van der Waals surface area (Å²) < 4.78 is 2.18. The molecule has 15 heavy (non-hydrogen) atoms. The number of fused-ring (bicyclic) bond motifs is 1. The Balaban J connectivity index is 2.47. The maximum atomic E-state index is 4.40. The second-order valence-corrected chi connectivity index (χ2v) is 6.63. The van der Waals surface area contributed by atoms with Crippen molar-refractivity contribution in [2.24, 2.45) is 0 Å². The number of nitrogens with zero attached hydrogens (tertiary/aromatic N) is 2. The van der Waals surface area contributed by atoms with Gasteiger partial charge in [-0.2, -0.15) is 0 Å². The molecule has 0 spiro atoms. The summed E-state index contributed by atoms with van der Waals surface area (Å²) in [6.45, 7) is 4.32. The topological polar surface area (TPSA) is 17.8 Å². The molecule has 0 N–H and O–H groups in total. The number of imidazole rings is 1. The maximum Gasteiger partial charge on any atom is 0.0960 e. The largest absolute Gasteiger partial charge is 0.328 e. The van der Waals surface area contributed by atoms with Crippen LogP contribution in [0.2, 0.25) is 0 Å². The fourth-order valence-electron chi connectivity index (χ4n) is 1.52. The first-order chi connectivity index (χ1) is 7.22. The van der Waals surface area contributed by atoms with Crippen molar-refractivity contribution in [2.45, 2.75) is 24.8 Å². The summed E-state index contributed by atoms with van der Waals surface area (Å²) in [5, 5.41) is 0. The summed E-state index contributed by atoms with van der Waals surface area (Å²) in [6, 6.07) is 6.78. The van der Waals surface area contributed by atoms with Gasteiger partial charge in [0.15, 0.2) is 0 Å². The first kappa shape index (κ1) is 11.2. The van der Waals surface area contributed by atoms with Gasteiger partial charge in [-0.25, -0.2) is 4.98 Å². The lowest BCUT2D eigenvalue weighted by atomic mass is 10.3. The van der Waals surface area contributed by atoms with Gasteiger partial charge in [-0.05, 0) is 52.7 Å². The van der Waals surface area contributed by atoms with Gasteiger partial charge in [0.1, 0.15) is 0 Å². The molecular formula is C10H12N2S3. The van der Waals surface area contributed by atoms with Crippen LogP contribution in [0.3, 0.4) is 0 Å². The fraction of sp³-hybridized carbons (Fsp3) is 0.300. The van der Waals surface area contributed by atoms with Crippen LogP contribution in [0.5, 0.6) is 0 Å². The van der Waals surface area contributed by atoms with Crippen molar-refractivity contribution in [3.63, 3.8) is 0 Å². The van der Waals surface area contributed by atoms with Gasteiger partial charge >= 0.3 is 0 Å². The molecule has 1 aromatic carbocycles. The lowest BCUT2D eigenvalue weighted by Crippen LogP contribution is -1.97. The molecule has 0 radical (unpaired) electrons. The van der Waals surface area contributed by atoms with Crippen LogP contribution >= 0.6 is 32.3 Å². The van der Waals surface area contributed by atoms with Gasteiger partial charge in [-0.1, -0.05) is 11.7 Å². The molecule has 0 fully saturated rings. The lowest BCUT2D eigenvalue weighted by molar-refractivity contribution is 0.617. The van der Waals surface area contributed by atoms with Crippen LogP contribution in [-0.4, -0.2) is 9.55 Å². The van der Waals surface area contributed by atoms with E-state index in [0.717, 1.165) is 5.52 Å². The molecule has 1 aromatic heterocycles. The predicted molar refractivity (Wildman–Crippen MR) is 72.6 cm³/mol. The maximum absolute atomic E-state index is 4.40. The van der Waals surface area contributed by atoms with Crippen LogP contribution < -0.4 is 0 Å². The molecule has 0 aliphatic carbocycles. The summed E-state index contributed by atoms with van der Waals surface area (Å²) in [7, 11) is 3.09. The quantitative estimate of drug-likeness (QED) is 0.655. The smallest absolute Gasteiger partial charge is 0.0960 e. The summed E-state index contributed by atoms with van der Waals surface area (Å²) in [6.07, 6.45) is 1.90. The van der Waals surface area contributed by atoms with Gasteiger partial charge in [-0.15, -0.1) is 0 Å². The minimum absolute atomic E-state index is 0.452. The summed E-state index contributed by atoms with van der Waals surface area (Å²) in [5.41, 5.74) is 2.24. The Morgan fingerprint density at radius 2 is 2.20 bits per heavy atom. The van der Waals surface area contributed by atoms with Crippen molar-refractivity contribution >= 4 is 43.3 Å². The van der Waals surface area contributed by atoms with Crippen molar-refractivity contribution in [3.05, 3.63) is 24.5 Å². The predicted octanol–water partition coefficient (Wildman–Crippen LogP) is 4.20. The van der Waals surface area contributed by atoms with Crippen LogP contribution in [0.4, 0.5) is 0 Å². The van der Waals surface area contributed by atoms with E-state index in [1.165, 1.54) is 20.2 Å². The molecule has 2 nitrogen and oxygen atoms in total. The van der Waals surface area contributed by atoms with E-state index < -0.39 is 0 Å². The van der Waals surface area contributed by atoms with Gasteiger partial charge in [0.2, 0.25) is 0 Å². The van der Waals surface area contributed by atoms with Crippen LogP contribution in [0, 0.1) is 0 Å². The molecule has 1 heterocycles. The minimum atomic E-state index is 0.452. The van der Waals surface area contributed by atoms with E-state index in [-0.39, 0.29) is 0 Å². The van der Waals surface area contributed by atoms with Crippen molar-refractivity contribution < 1.29 is 0 Å². The van der Waals surface area contributed by atoms with Gasteiger partial charge < -0.3 is 4.57 Å². The van der Waals surface area contributed by atoms with E-state index >= 15 is 0 Å². The molecule has 0 aliphatic rings. The Kier molecular flexibility index (Phi) is 3.53. The Morgan fingerprint density at radius 3 is 2.87 bits per heavy atom. The molecule has 2 aromatic rings. The first-order valence-electron chi connectivity index (χ1n) is 4.67. The average Bonchev–Trinajstić information content (AvgIpc) is 2.61. The molecule has 0 unspecified atom stereocenters. The van der Waals surface area contributed by atoms with E-state index in [1.54, 1.807) is 10.8 Å². The summed E-state index contributed by atoms with van der Waals surface area (Å²) in [4.78, 5) is 5.59. The molecule has 0 aliphatic heterocycles. The summed E-state index contributed by atoms with van der Waals surface area (Å²) in [5.74, 6) is 0. The third-order valence-electron chi connectivity index (χ3n) is 2.24. The first-order valence-corrected chi connectivity index (χ1v) is 7.87. The van der Waals surface area contributed by atoms with E-state index in [9.17, 15) is 0 Å². The normalized spacial score (nSPS) is 11.5. The highest BCUT2D eigenvalue weighted by molar-refractivity contribution is 9.05. The third-order valence-corrected chi connectivity index (χ3v) is 4.23. The average molecular weight is 256 g/mol. The van der Waals surface area contributed by atoms with Crippen molar-refractivity contribution in [1.82, 2.24) is 9.55 Å².